The standard InChI is InChI=1S/C12H12O4S/c1-7-4-3-5-9-6-10(8(2)12(13)14)17(15,16)11(7)9/h3-6,8H,1-2H3,(H,13,14). The van der Waals surface area contributed by atoms with Crippen LogP contribution in [0.25, 0.3) is 6.08 Å². The maximum absolute atomic E-state index is 12.2. The lowest BCUT2D eigenvalue weighted by Gasteiger charge is -2.09. The fraction of sp³-hybridized carbons (Fsp3) is 0.250. The first-order valence-corrected chi connectivity index (χ1v) is 6.63. The van der Waals surface area contributed by atoms with E-state index in [1.165, 1.54) is 13.0 Å². The molecule has 1 unspecified atom stereocenters. The van der Waals surface area contributed by atoms with Gasteiger partial charge >= 0.3 is 5.97 Å². The number of carbonyl (C=O) groups is 1. The number of sulfone groups is 1. The Morgan fingerprint density at radius 1 is 1.35 bits per heavy atom. The zero-order valence-corrected chi connectivity index (χ0v) is 10.3. The number of hydrogen-bond donors (Lipinski definition) is 1. The van der Waals surface area contributed by atoms with Crippen molar-refractivity contribution in [3.05, 3.63) is 34.2 Å². The van der Waals surface area contributed by atoms with E-state index in [0.717, 1.165) is 0 Å². The molecule has 1 aliphatic rings. The van der Waals surface area contributed by atoms with Crippen molar-refractivity contribution < 1.29 is 18.3 Å². The van der Waals surface area contributed by atoms with Gasteiger partial charge in [-0.05, 0) is 31.1 Å². The summed E-state index contributed by atoms with van der Waals surface area (Å²) in [6.45, 7) is 3.09. The van der Waals surface area contributed by atoms with Gasteiger partial charge in [0.25, 0.3) is 0 Å². The summed E-state index contributed by atoms with van der Waals surface area (Å²) in [6, 6.07) is 5.15. The second-order valence-corrected chi connectivity index (χ2v) is 5.99. The summed E-state index contributed by atoms with van der Waals surface area (Å²) in [4.78, 5) is 11.1. The van der Waals surface area contributed by atoms with E-state index in [1.807, 2.05) is 0 Å². The quantitative estimate of drug-likeness (QED) is 0.871. The minimum absolute atomic E-state index is 0.0331. The molecule has 4 nitrogen and oxygen atoms in total. The number of benzene rings is 1. The molecule has 1 atom stereocenters. The van der Waals surface area contributed by atoms with Gasteiger partial charge in [-0.1, -0.05) is 18.2 Å². The van der Waals surface area contributed by atoms with Gasteiger partial charge < -0.3 is 5.11 Å². The van der Waals surface area contributed by atoms with Crippen LogP contribution < -0.4 is 0 Å². The third-order valence-electron chi connectivity index (χ3n) is 2.92. The molecule has 1 aliphatic heterocycles. The van der Waals surface area contributed by atoms with Crippen LogP contribution in [0.3, 0.4) is 0 Å². The Bertz CT molecular complexity index is 626. The van der Waals surface area contributed by atoms with Crippen molar-refractivity contribution in [3.63, 3.8) is 0 Å². The Balaban J connectivity index is 2.66. The molecule has 90 valence electrons. The van der Waals surface area contributed by atoms with Crippen LogP contribution in [-0.2, 0) is 14.6 Å². The number of aryl methyl sites for hydroxylation is 1. The molecule has 1 N–H and O–H groups in total. The molecule has 0 bridgehead atoms. The number of carboxylic acid groups (broad SMARTS) is 1. The smallest absolute Gasteiger partial charge is 0.311 e. The van der Waals surface area contributed by atoms with Crippen LogP contribution in [0.15, 0.2) is 28.0 Å². The molecule has 0 amide bonds. The molecule has 0 fully saturated rings. The Kier molecular flexibility index (Phi) is 2.58. The monoisotopic (exact) mass is 252 g/mol. The van der Waals surface area contributed by atoms with Gasteiger partial charge in [-0.3, -0.25) is 4.79 Å². The van der Waals surface area contributed by atoms with E-state index in [-0.39, 0.29) is 9.80 Å². The largest absolute Gasteiger partial charge is 0.481 e. The van der Waals surface area contributed by atoms with Crippen molar-refractivity contribution in [2.45, 2.75) is 18.7 Å². The maximum Gasteiger partial charge on any atom is 0.311 e. The average Bonchev–Trinajstić information content (AvgIpc) is 2.50. The summed E-state index contributed by atoms with van der Waals surface area (Å²) >= 11 is 0. The van der Waals surface area contributed by atoms with Crippen LogP contribution in [0.1, 0.15) is 18.1 Å². The van der Waals surface area contributed by atoms with Gasteiger partial charge in [-0.2, -0.15) is 0 Å². The Labute approximate surface area is 99.5 Å². The molecule has 0 aliphatic carbocycles. The van der Waals surface area contributed by atoms with Gasteiger partial charge in [0.05, 0.1) is 15.7 Å². The highest BCUT2D eigenvalue weighted by Crippen LogP contribution is 2.38. The van der Waals surface area contributed by atoms with Crippen molar-refractivity contribution in [3.8, 4) is 0 Å². The minimum Gasteiger partial charge on any atom is -0.481 e. The van der Waals surface area contributed by atoms with Crippen molar-refractivity contribution >= 4 is 21.9 Å². The minimum atomic E-state index is -3.64. The molecule has 1 heterocycles. The van der Waals surface area contributed by atoms with E-state index in [1.54, 1.807) is 25.1 Å². The first kappa shape index (κ1) is 11.9. The number of carboxylic acids is 1. The predicted molar refractivity (Wildman–Crippen MR) is 63.1 cm³/mol. The second kappa shape index (κ2) is 3.70. The normalized spacial score (nSPS) is 18.4. The van der Waals surface area contributed by atoms with Gasteiger partial charge in [-0.15, -0.1) is 0 Å². The summed E-state index contributed by atoms with van der Waals surface area (Å²) in [6.07, 6.45) is 1.45. The van der Waals surface area contributed by atoms with E-state index in [0.29, 0.717) is 11.1 Å². The number of aliphatic carboxylic acids is 1. The van der Waals surface area contributed by atoms with E-state index >= 15 is 0 Å². The van der Waals surface area contributed by atoms with Crippen molar-refractivity contribution in [2.75, 3.05) is 0 Å². The Morgan fingerprint density at radius 2 is 2.00 bits per heavy atom. The molecule has 0 aromatic heterocycles. The Hall–Kier alpha value is -1.62. The highest BCUT2D eigenvalue weighted by atomic mass is 32.2. The zero-order valence-electron chi connectivity index (χ0n) is 9.47. The lowest BCUT2D eigenvalue weighted by molar-refractivity contribution is -0.139. The van der Waals surface area contributed by atoms with Crippen LogP contribution >= 0.6 is 0 Å². The third-order valence-corrected chi connectivity index (χ3v) is 5.10. The van der Waals surface area contributed by atoms with Crippen LogP contribution in [0, 0.1) is 12.8 Å². The molecule has 1 aromatic carbocycles. The molecular formula is C12H12O4S. The van der Waals surface area contributed by atoms with Crippen LogP contribution in [0.2, 0.25) is 0 Å². The van der Waals surface area contributed by atoms with Gasteiger partial charge in [0.2, 0.25) is 9.84 Å². The first-order valence-electron chi connectivity index (χ1n) is 5.15. The van der Waals surface area contributed by atoms with Crippen molar-refractivity contribution in [1.82, 2.24) is 0 Å². The first-order chi connectivity index (χ1) is 7.85. The summed E-state index contributed by atoms with van der Waals surface area (Å²) in [5.74, 6) is -2.16. The number of rotatable bonds is 2. The van der Waals surface area contributed by atoms with E-state index in [2.05, 4.69) is 0 Å². The van der Waals surface area contributed by atoms with Crippen molar-refractivity contribution in [1.29, 1.82) is 0 Å². The lowest BCUT2D eigenvalue weighted by Crippen LogP contribution is -2.17. The summed E-state index contributed by atoms with van der Waals surface area (Å²) in [5, 5.41) is 8.92. The fourth-order valence-corrected chi connectivity index (χ4v) is 4.00. The molecular weight excluding hydrogens is 240 g/mol. The van der Waals surface area contributed by atoms with Gasteiger partial charge in [0.1, 0.15) is 0 Å². The highest BCUT2D eigenvalue weighted by Gasteiger charge is 2.36. The zero-order chi connectivity index (χ0) is 12.8. The topological polar surface area (TPSA) is 71.4 Å². The number of hydrogen-bond acceptors (Lipinski definition) is 3. The molecule has 0 spiro atoms. The number of fused-ring (bicyclic) bond motifs is 1. The predicted octanol–water partition coefficient (Wildman–Crippen LogP) is 1.84. The van der Waals surface area contributed by atoms with Gasteiger partial charge in [-0.25, -0.2) is 8.42 Å². The van der Waals surface area contributed by atoms with Gasteiger partial charge in [0, 0.05) is 0 Å². The average molecular weight is 252 g/mol. The summed E-state index contributed by atoms with van der Waals surface area (Å²) in [7, 11) is -3.64. The van der Waals surface area contributed by atoms with Crippen LogP contribution in [-0.4, -0.2) is 19.5 Å². The molecule has 5 heteroatoms. The molecule has 2 rings (SSSR count). The van der Waals surface area contributed by atoms with Gasteiger partial charge in [0.15, 0.2) is 0 Å². The molecule has 17 heavy (non-hydrogen) atoms. The summed E-state index contributed by atoms with van der Waals surface area (Å²) in [5.41, 5.74) is 1.22. The van der Waals surface area contributed by atoms with E-state index in [9.17, 15) is 13.2 Å². The highest BCUT2D eigenvalue weighted by molar-refractivity contribution is 7.96. The maximum atomic E-state index is 12.2. The molecule has 0 saturated heterocycles. The lowest BCUT2D eigenvalue weighted by atomic mass is 10.1. The van der Waals surface area contributed by atoms with Crippen molar-refractivity contribution in [2.24, 2.45) is 5.92 Å². The third kappa shape index (κ3) is 1.67. The molecule has 0 radical (unpaired) electrons. The SMILES string of the molecule is Cc1cccc2c1S(=O)(=O)C(C(C)C(=O)O)=C2. The van der Waals surface area contributed by atoms with Crippen LogP contribution in [0.4, 0.5) is 0 Å². The fourth-order valence-electron chi connectivity index (χ4n) is 1.98. The Morgan fingerprint density at radius 3 is 2.53 bits per heavy atom. The summed E-state index contributed by atoms with van der Waals surface area (Å²) < 4.78 is 24.4. The molecule has 1 aromatic rings. The second-order valence-electron chi connectivity index (χ2n) is 4.10. The van der Waals surface area contributed by atoms with Crippen LogP contribution in [0.5, 0.6) is 0 Å². The van der Waals surface area contributed by atoms with E-state index in [4.69, 9.17) is 5.11 Å². The van der Waals surface area contributed by atoms with E-state index < -0.39 is 21.7 Å². The molecule has 0 saturated carbocycles.